The molecule has 37 heavy (non-hydrogen) atoms. The molecule has 0 aliphatic heterocycles. The molecule has 220 valence electrons. The van der Waals surface area contributed by atoms with Gasteiger partial charge in [0.05, 0.1) is 0 Å². The maximum absolute atomic E-state index is 2.83. The summed E-state index contributed by atoms with van der Waals surface area (Å²) in [6, 6.07) is 3.02. The molecule has 0 heterocycles. The fourth-order valence-electron chi connectivity index (χ4n) is 5.70. The van der Waals surface area contributed by atoms with Crippen LogP contribution in [0.15, 0.2) is 23.6 Å². The van der Waals surface area contributed by atoms with Crippen LogP contribution in [0, 0.1) is 0 Å². The summed E-state index contributed by atoms with van der Waals surface area (Å²) in [6.07, 6.45) is 42.2. The molecule has 1 unspecified atom stereocenters. The summed E-state index contributed by atoms with van der Waals surface area (Å²) in [7, 11) is -1.46. The number of allylic oxidation sites excluding steroid dienone is 2. The zero-order chi connectivity index (χ0) is 27.1. The van der Waals surface area contributed by atoms with Crippen LogP contribution in [0.25, 0.3) is 0 Å². The fourth-order valence-corrected chi connectivity index (χ4v) is 9.82. The molecular formula is C36H72Si. The van der Waals surface area contributed by atoms with Gasteiger partial charge in [-0.15, -0.1) is 0 Å². The van der Waals surface area contributed by atoms with Crippen molar-refractivity contribution < 1.29 is 0 Å². The van der Waals surface area contributed by atoms with Gasteiger partial charge in [-0.3, -0.25) is 0 Å². The monoisotopic (exact) mass is 533 g/mol. The molecule has 0 aromatic carbocycles. The van der Waals surface area contributed by atoms with Crippen LogP contribution in [0.2, 0.25) is 12.1 Å². The van der Waals surface area contributed by atoms with Crippen LogP contribution in [0.3, 0.4) is 0 Å². The van der Waals surface area contributed by atoms with Gasteiger partial charge in [-0.25, -0.2) is 0 Å². The lowest BCUT2D eigenvalue weighted by atomic mass is 10.1. The minimum absolute atomic E-state index is 1.31. The summed E-state index contributed by atoms with van der Waals surface area (Å²) in [4.78, 5) is 0. The zero-order valence-corrected chi connectivity index (χ0v) is 27.6. The molecule has 0 amide bonds. The molecule has 0 saturated carbocycles. The Balaban J connectivity index is 4.97. The van der Waals surface area contributed by atoms with Crippen molar-refractivity contribution in [2.75, 3.05) is 0 Å². The van der Waals surface area contributed by atoms with Crippen molar-refractivity contribution in [3.63, 3.8) is 0 Å². The van der Waals surface area contributed by atoms with E-state index in [1.54, 1.807) is 0 Å². The maximum Gasteiger partial charge on any atom is 0.101 e. The molecule has 0 bridgehead atoms. The van der Waals surface area contributed by atoms with E-state index in [4.69, 9.17) is 0 Å². The van der Waals surface area contributed by atoms with Gasteiger partial charge in [0, 0.05) is 0 Å². The van der Waals surface area contributed by atoms with Crippen LogP contribution in [0.5, 0.6) is 0 Å². The van der Waals surface area contributed by atoms with E-state index in [2.05, 4.69) is 51.2 Å². The van der Waals surface area contributed by atoms with Crippen molar-refractivity contribution in [2.45, 2.75) is 207 Å². The Hall–Kier alpha value is -0.303. The lowest BCUT2D eigenvalue weighted by Crippen LogP contribution is -2.30. The van der Waals surface area contributed by atoms with Crippen LogP contribution in [0.4, 0.5) is 0 Å². The average molecular weight is 533 g/mol. The highest BCUT2D eigenvalue weighted by atomic mass is 28.3. The Bertz CT molecular complexity index is 479. The van der Waals surface area contributed by atoms with Gasteiger partial charge in [-0.2, -0.15) is 0 Å². The van der Waals surface area contributed by atoms with E-state index in [0.29, 0.717) is 0 Å². The lowest BCUT2D eigenvalue weighted by molar-refractivity contribution is 0.583. The largest absolute Gasteiger partial charge is 0.101 e. The van der Waals surface area contributed by atoms with Crippen molar-refractivity contribution in [3.05, 3.63) is 23.6 Å². The predicted octanol–water partition coefficient (Wildman–Crippen LogP) is 13.8. The summed E-state index contributed by atoms with van der Waals surface area (Å²) >= 11 is 0. The van der Waals surface area contributed by atoms with Gasteiger partial charge < -0.3 is 0 Å². The van der Waals surface area contributed by atoms with E-state index in [9.17, 15) is 0 Å². The second-order valence-corrected chi connectivity index (χ2v) is 16.3. The highest BCUT2D eigenvalue weighted by molar-refractivity contribution is 6.89. The number of rotatable bonds is 30. The minimum atomic E-state index is -1.46. The molecule has 0 saturated heterocycles. The van der Waals surface area contributed by atoms with E-state index in [-0.39, 0.29) is 0 Å². The Morgan fingerprint density at radius 2 is 0.595 bits per heavy atom. The number of hydrogen-bond acceptors (Lipinski definition) is 0. The molecule has 0 spiro atoms. The molecule has 1 heteroatoms. The molecular weight excluding hydrogens is 460 g/mol. The molecule has 0 radical (unpaired) electrons. The summed E-state index contributed by atoms with van der Waals surface area (Å²) in [5.41, 5.74) is 5.65. The minimum Gasteiger partial charge on any atom is -0.0944 e. The maximum atomic E-state index is 2.83. The first-order valence-electron chi connectivity index (χ1n) is 17.6. The Morgan fingerprint density at radius 3 is 0.946 bits per heavy atom. The fraction of sp³-hybridized carbons (Fsp3) is 0.889. The van der Waals surface area contributed by atoms with Crippen molar-refractivity contribution >= 4 is 8.07 Å². The number of hydrogen-bond donors (Lipinski definition) is 0. The third-order valence-corrected chi connectivity index (χ3v) is 12.7. The topological polar surface area (TPSA) is 0 Å². The van der Waals surface area contributed by atoms with Gasteiger partial charge in [0.1, 0.15) is 8.07 Å². The lowest BCUT2D eigenvalue weighted by Gasteiger charge is -2.26. The van der Waals surface area contributed by atoms with E-state index in [0.717, 1.165) is 0 Å². The molecule has 0 N–H and O–H groups in total. The summed E-state index contributed by atoms with van der Waals surface area (Å²) in [6.45, 7) is 9.31. The van der Waals surface area contributed by atoms with Gasteiger partial charge in [-0.05, 0) is 25.7 Å². The summed E-state index contributed by atoms with van der Waals surface area (Å²) in [5, 5.41) is 0. The second kappa shape index (κ2) is 30.2. The van der Waals surface area contributed by atoms with Gasteiger partial charge in [0.25, 0.3) is 0 Å². The van der Waals surface area contributed by atoms with Crippen molar-refractivity contribution in [2.24, 2.45) is 0 Å². The van der Waals surface area contributed by atoms with E-state index in [1.807, 2.05) is 0 Å². The first-order chi connectivity index (χ1) is 18.2. The molecule has 0 rings (SSSR count). The quantitative estimate of drug-likeness (QED) is 0.0637. The summed E-state index contributed by atoms with van der Waals surface area (Å²) in [5.74, 6) is 0. The average Bonchev–Trinajstić information content (AvgIpc) is 2.91. The third-order valence-electron chi connectivity index (χ3n) is 8.34. The van der Waals surface area contributed by atoms with E-state index in [1.165, 1.54) is 179 Å². The van der Waals surface area contributed by atoms with Crippen LogP contribution < -0.4 is 0 Å². The van der Waals surface area contributed by atoms with Crippen LogP contribution >= 0.6 is 0 Å². The number of unbranched alkanes of at least 4 members (excludes halogenated alkanes) is 22. The predicted molar refractivity (Wildman–Crippen MR) is 176 cm³/mol. The van der Waals surface area contributed by atoms with E-state index >= 15 is 0 Å². The van der Waals surface area contributed by atoms with Crippen molar-refractivity contribution in [1.29, 1.82) is 0 Å². The van der Waals surface area contributed by atoms with E-state index < -0.39 is 8.07 Å². The Morgan fingerprint density at radius 1 is 0.324 bits per heavy atom. The molecule has 0 aliphatic carbocycles. The van der Waals surface area contributed by atoms with Crippen molar-refractivity contribution in [3.8, 4) is 0 Å². The smallest absolute Gasteiger partial charge is 0.0944 e. The normalized spacial score (nSPS) is 13.7. The van der Waals surface area contributed by atoms with Crippen molar-refractivity contribution in [1.82, 2.24) is 0 Å². The highest BCUT2D eigenvalue weighted by Crippen LogP contribution is 2.28. The first-order valence-corrected chi connectivity index (χ1v) is 20.2. The highest BCUT2D eigenvalue weighted by Gasteiger charge is 2.25. The van der Waals surface area contributed by atoms with Crippen LogP contribution in [-0.2, 0) is 0 Å². The van der Waals surface area contributed by atoms with Gasteiger partial charge >= 0.3 is 0 Å². The SMILES string of the molecule is CCCCCCC=C[Si](C=CCCCCCCCC)(CCCCCCCC)CCCCCCCCCC. The van der Waals surface area contributed by atoms with Crippen LogP contribution in [-0.4, -0.2) is 8.07 Å². The van der Waals surface area contributed by atoms with Gasteiger partial charge in [0.15, 0.2) is 0 Å². The van der Waals surface area contributed by atoms with Gasteiger partial charge in [0.2, 0.25) is 0 Å². The molecule has 0 aromatic heterocycles. The molecule has 0 aliphatic rings. The first kappa shape index (κ1) is 36.7. The Kier molecular flexibility index (Phi) is 30.0. The molecule has 1 atom stereocenters. The van der Waals surface area contributed by atoms with Gasteiger partial charge in [-0.1, -0.05) is 205 Å². The third kappa shape index (κ3) is 25.7. The molecule has 0 nitrogen and oxygen atoms in total. The molecule has 0 aromatic rings. The molecule has 0 fully saturated rings. The zero-order valence-electron chi connectivity index (χ0n) is 26.6. The summed E-state index contributed by atoms with van der Waals surface area (Å²) < 4.78 is 0. The second-order valence-electron chi connectivity index (χ2n) is 12.2. The standard InChI is InChI=1S/C36H72Si/c1-5-9-13-17-21-23-27-31-35-37(33-29-25-19-15-11-7-3,34-30-26-20-16-12-8-4)36-32-28-24-22-18-14-10-6-2/h29,31,33,35H,5-28,30,32,34,36H2,1-4H3. The Labute approximate surface area is 238 Å². The van der Waals surface area contributed by atoms with Crippen LogP contribution in [0.1, 0.15) is 195 Å².